The minimum absolute atomic E-state index is 0.259. The molecule has 0 spiro atoms. The van der Waals surface area contributed by atoms with Crippen LogP contribution >= 0.6 is 11.8 Å². The molecule has 5 rings (SSSR count). The number of amides is 7. The van der Waals surface area contributed by atoms with Gasteiger partial charge in [0.2, 0.25) is 41.4 Å². The number of benzene rings is 1. The summed E-state index contributed by atoms with van der Waals surface area (Å²) in [4.78, 5) is 114. The van der Waals surface area contributed by atoms with Crippen LogP contribution in [0.1, 0.15) is 46.1 Å². The number of aromatic amines is 1. The molecule has 10 atom stereocenters. The van der Waals surface area contributed by atoms with Crippen LogP contribution in [0.25, 0.3) is 10.9 Å². The highest BCUT2D eigenvalue weighted by Crippen LogP contribution is 2.32. The Balaban J connectivity index is 1.73. The van der Waals surface area contributed by atoms with E-state index in [1.54, 1.807) is 24.3 Å². The van der Waals surface area contributed by atoms with Crippen LogP contribution in [-0.2, 0) is 44.8 Å². The van der Waals surface area contributed by atoms with Crippen LogP contribution in [0.15, 0.2) is 29.3 Å². The summed E-state index contributed by atoms with van der Waals surface area (Å²) in [5.41, 5.74) is -0.960. The zero-order valence-electron chi connectivity index (χ0n) is 32.7. The molecule has 1 saturated heterocycles. The van der Waals surface area contributed by atoms with Crippen molar-refractivity contribution in [2.45, 2.75) is 112 Å². The van der Waals surface area contributed by atoms with Gasteiger partial charge in [-0.05, 0) is 31.4 Å². The Hall–Kier alpha value is -5.29. The first-order valence-electron chi connectivity index (χ1n) is 19.0. The van der Waals surface area contributed by atoms with Crippen molar-refractivity contribution >= 4 is 70.0 Å². The summed E-state index contributed by atoms with van der Waals surface area (Å²) in [7, 11) is 0. The van der Waals surface area contributed by atoms with E-state index >= 15 is 0 Å². The number of aliphatic hydroxyl groups is 4. The average molecular weight is 847 g/mol. The molecule has 1 fully saturated rings. The number of H-pyrrole nitrogens is 1. The van der Waals surface area contributed by atoms with E-state index in [4.69, 9.17) is 0 Å². The third-order valence-electron chi connectivity index (χ3n) is 10.5. The summed E-state index contributed by atoms with van der Waals surface area (Å²) in [5, 5.41) is 67.6. The van der Waals surface area contributed by atoms with Gasteiger partial charge in [0.1, 0.15) is 42.3 Å². The Labute approximate surface area is 341 Å². The van der Waals surface area contributed by atoms with Crippen molar-refractivity contribution < 1.29 is 63.9 Å². The predicted octanol–water partition coefficient (Wildman–Crippen LogP) is -4.04. The van der Waals surface area contributed by atoms with Gasteiger partial charge in [-0.15, -0.1) is 11.8 Å². The van der Waals surface area contributed by atoms with Gasteiger partial charge in [-0.25, -0.2) is 4.79 Å². The molecular formula is C37H50N8O13S. The number of aliphatic carboxylic acids is 1. The molecule has 2 bridgehead atoms. The Morgan fingerprint density at radius 3 is 2.19 bits per heavy atom. The lowest BCUT2D eigenvalue weighted by Crippen LogP contribution is -2.64. The first kappa shape index (κ1) is 44.8. The van der Waals surface area contributed by atoms with Crippen LogP contribution < -0.4 is 31.9 Å². The van der Waals surface area contributed by atoms with Gasteiger partial charge in [-0.3, -0.25) is 33.6 Å². The molecule has 22 heteroatoms. The summed E-state index contributed by atoms with van der Waals surface area (Å²) in [6.45, 7) is 4.26. The van der Waals surface area contributed by atoms with Crippen molar-refractivity contribution in [3.63, 3.8) is 0 Å². The predicted molar refractivity (Wildman–Crippen MR) is 207 cm³/mol. The largest absolute Gasteiger partial charge is 0.479 e. The maximum absolute atomic E-state index is 14.4. The zero-order valence-corrected chi connectivity index (χ0v) is 33.5. The first-order valence-corrected chi connectivity index (χ1v) is 20.0. The zero-order chi connectivity index (χ0) is 43.5. The molecule has 3 aliphatic rings. The summed E-state index contributed by atoms with van der Waals surface area (Å²) in [6, 6.07) is -4.38. The fraction of sp³-hybridized carbons (Fsp3) is 0.568. The van der Waals surface area contributed by atoms with Crippen molar-refractivity contribution in [2.75, 3.05) is 18.9 Å². The average Bonchev–Trinajstić information content (AvgIpc) is 3.74. The molecule has 4 heterocycles. The summed E-state index contributed by atoms with van der Waals surface area (Å²) < 4.78 is 0. The minimum Gasteiger partial charge on any atom is -0.479 e. The number of aromatic nitrogens is 1. The van der Waals surface area contributed by atoms with Gasteiger partial charge in [0, 0.05) is 42.5 Å². The number of aliphatic hydroxyl groups excluding tert-OH is 3. The molecule has 59 heavy (non-hydrogen) atoms. The Bertz CT molecular complexity index is 1990. The fourth-order valence-corrected chi connectivity index (χ4v) is 8.25. The maximum Gasteiger partial charge on any atom is 0.335 e. The van der Waals surface area contributed by atoms with E-state index in [2.05, 4.69) is 36.9 Å². The quantitative estimate of drug-likeness (QED) is 0.132. The number of thioether (sulfide) groups is 1. The molecule has 0 radical (unpaired) electrons. The molecular weight excluding hydrogens is 797 g/mol. The third kappa shape index (κ3) is 10.3. The Morgan fingerprint density at radius 2 is 1.53 bits per heavy atom. The second kappa shape index (κ2) is 18.3. The molecule has 322 valence electrons. The van der Waals surface area contributed by atoms with E-state index in [1.807, 2.05) is 0 Å². The molecule has 0 saturated carbocycles. The molecule has 3 aliphatic heterocycles. The van der Waals surface area contributed by atoms with Gasteiger partial charge in [0.25, 0.3) is 0 Å². The van der Waals surface area contributed by atoms with Gasteiger partial charge >= 0.3 is 5.97 Å². The van der Waals surface area contributed by atoms with Crippen molar-refractivity contribution in [1.29, 1.82) is 0 Å². The van der Waals surface area contributed by atoms with Gasteiger partial charge in [0.15, 0.2) is 6.10 Å². The topological polar surface area (TPSA) is 329 Å². The van der Waals surface area contributed by atoms with Gasteiger partial charge in [-0.1, -0.05) is 32.0 Å². The molecule has 0 unspecified atom stereocenters. The molecule has 7 amide bonds. The van der Waals surface area contributed by atoms with Crippen LogP contribution in [0.4, 0.5) is 0 Å². The Morgan fingerprint density at radius 1 is 0.881 bits per heavy atom. The lowest BCUT2D eigenvalue weighted by atomic mass is 9.95. The third-order valence-corrected chi connectivity index (χ3v) is 11.6. The van der Waals surface area contributed by atoms with E-state index in [9.17, 15) is 63.9 Å². The van der Waals surface area contributed by atoms with Crippen molar-refractivity contribution in [3.8, 4) is 0 Å². The second-order valence-corrected chi connectivity index (χ2v) is 16.7. The summed E-state index contributed by atoms with van der Waals surface area (Å²) in [5.74, 6) is -10.1. The Kier molecular flexibility index (Phi) is 13.9. The number of fused-ring (bicyclic) bond motifs is 5. The van der Waals surface area contributed by atoms with Gasteiger partial charge in [-0.2, -0.15) is 0 Å². The number of hydrogen-bond donors (Lipinski definition) is 12. The fourth-order valence-electron chi connectivity index (χ4n) is 7.14. The lowest BCUT2D eigenvalue weighted by molar-refractivity contribution is -0.152. The van der Waals surface area contributed by atoms with E-state index in [1.165, 1.54) is 27.7 Å². The number of carboxylic acids is 1. The number of carbonyl (C=O) groups is 8. The van der Waals surface area contributed by atoms with Gasteiger partial charge in [0.05, 0.1) is 23.3 Å². The van der Waals surface area contributed by atoms with E-state index in [0.29, 0.717) is 21.5 Å². The second-order valence-electron chi connectivity index (χ2n) is 15.7. The molecule has 12 N–H and O–H groups in total. The number of para-hydroxylation sites is 1. The van der Waals surface area contributed by atoms with E-state index in [-0.39, 0.29) is 25.1 Å². The summed E-state index contributed by atoms with van der Waals surface area (Å²) >= 11 is 0.978. The number of nitrogens with zero attached hydrogens (tertiary/aromatic N) is 1. The van der Waals surface area contributed by atoms with Crippen LogP contribution in [0.3, 0.4) is 0 Å². The molecule has 1 aromatic heterocycles. The summed E-state index contributed by atoms with van der Waals surface area (Å²) in [6.07, 6.45) is -4.92. The molecule has 2 aromatic rings. The maximum atomic E-state index is 14.4. The smallest absolute Gasteiger partial charge is 0.335 e. The highest BCUT2D eigenvalue weighted by atomic mass is 32.2. The van der Waals surface area contributed by atoms with E-state index in [0.717, 1.165) is 16.7 Å². The van der Waals surface area contributed by atoms with Crippen molar-refractivity contribution in [2.24, 2.45) is 5.92 Å². The van der Waals surface area contributed by atoms with Crippen LogP contribution in [0.2, 0.25) is 0 Å². The highest BCUT2D eigenvalue weighted by molar-refractivity contribution is 7.99. The lowest BCUT2D eigenvalue weighted by Gasteiger charge is -2.32. The monoisotopic (exact) mass is 846 g/mol. The number of carboxylic acid groups (broad SMARTS) is 1. The van der Waals surface area contributed by atoms with Crippen LogP contribution in [-0.4, -0.2) is 162 Å². The normalized spacial score (nSPS) is 29.5. The minimum atomic E-state index is -2.58. The molecule has 1 aromatic carbocycles. The number of rotatable bonds is 6. The standard InChI is InChI=1S/C37H50N8O13S/c1-15(2)25-32(53)44-26(27(48)36(56)57)33(54)41-23-13-59-34-19(18-7-5-6-8-20(18)42-34)10-21(29(50)40-22(30(51)43-25)11-37(4,58)14-46)39-28(49)16(3)38-31(52)24-9-17(47)12-45(24)35(23)55/h5-8,15-17,21-27,42,46-48,58H,9-14H2,1-4H3,(H,38,52)(H,39,49)(H,40,50)(H,41,54)(H,43,51)(H,44,53)(H,56,57)/t16-,17-,21+,22+,23+,24-,25+,26+,27+,37-/m0/s1. The van der Waals surface area contributed by atoms with Gasteiger partial charge < -0.3 is 67.3 Å². The molecule has 21 nitrogen and oxygen atoms in total. The van der Waals surface area contributed by atoms with E-state index < -0.39 is 126 Å². The number of nitrogens with one attached hydrogen (secondary N) is 7. The molecule has 0 aliphatic carbocycles. The van der Waals surface area contributed by atoms with Crippen LogP contribution in [0, 0.1) is 5.92 Å². The van der Waals surface area contributed by atoms with Crippen molar-refractivity contribution in [3.05, 3.63) is 29.8 Å². The van der Waals surface area contributed by atoms with Crippen molar-refractivity contribution in [1.82, 2.24) is 41.8 Å². The van der Waals surface area contributed by atoms with Crippen LogP contribution in [0.5, 0.6) is 0 Å². The number of carbonyl (C=O) groups excluding carboxylic acids is 7. The highest BCUT2D eigenvalue weighted by Gasteiger charge is 2.45. The SMILES string of the molecule is CC(C)[C@H]1NC(=O)[C@@H](C[C@](C)(O)CO)NC(=O)[C@H]2Cc3c([nH]c4ccccc34)SC[C@@H](NC(=O)[C@@H]([C@@H](O)C(=O)O)NC1=O)C(=O)N1C[C@@H](O)C[C@H]1C(=O)N[C@@H](C)C(=O)N2. The number of hydrogen-bond acceptors (Lipinski definition) is 13. The first-order chi connectivity index (χ1) is 27.7.